The molecule has 0 radical (unpaired) electrons. The summed E-state index contributed by atoms with van der Waals surface area (Å²) >= 11 is 1.43. The Hall–Kier alpha value is -3.02. The molecule has 0 aliphatic carbocycles. The molecule has 3 aromatic rings. The van der Waals surface area contributed by atoms with E-state index in [2.05, 4.69) is 19.8 Å². The van der Waals surface area contributed by atoms with Gasteiger partial charge in [0.05, 0.1) is 6.42 Å². The number of halogens is 4. The van der Waals surface area contributed by atoms with Crippen LogP contribution in [0.4, 0.5) is 28.9 Å². The van der Waals surface area contributed by atoms with Crippen LogP contribution in [0.3, 0.4) is 0 Å². The standard InChI is InChI=1S/C25H26F4N6S/c1-17-13-22(32-20-6-4-19(26)5-7-20)18(15-30)14-21(17)23-16-35(36-24-3-2-9-31-33-24)12-11-34(23)10-8-25(27,28)29/h2-7,9,13-15,23,30,32H,8,10-12,16H2,1H3. The van der Waals surface area contributed by atoms with E-state index in [1.54, 1.807) is 24.4 Å². The van der Waals surface area contributed by atoms with E-state index >= 15 is 0 Å². The molecule has 1 atom stereocenters. The number of nitrogens with one attached hydrogen (secondary N) is 2. The zero-order valence-corrected chi connectivity index (χ0v) is 20.4. The van der Waals surface area contributed by atoms with Crippen molar-refractivity contribution in [1.29, 1.82) is 5.41 Å². The van der Waals surface area contributed by atoms with Crippen LogP contribution in [0.2, 0.25) is 0 Å². The molecule has 1 aliphatic rings. The highest BCUT2D eigenvalue weighted by molar-refractivity contribution is 7.97. The van der Waals surface area contributed by atoms with Crippen LogP contribution in [0.15, 0.2) is 59.8 Å². The van der Waals surface area contributed by atoms with Crippen LogP contribution in [0.5, 0.6) is 0 Å². The Balaban J connectivity index is 1.62. The fourth-order valence-electron chi connectivity index (χ4n) is 4.20. The average Bonchev–Trinajstić information content (AvgIpc) is 2.85. The Bertz CT molecular complexity index is 1170. The second-order valence-electron chi connectivity index (χ2n) is 8.53. The SMILES string of the molecule is Cc1cc(Nc2ccc(F)cc2)c(C=N)cc1C1CN(Sc2cccnn2)CCN1CCC(F)(F)F. The van der Waals surface area contributed by atoms with Gasteiger partial charge >= 0.3 is 6.18 Å². The minimum atomic E-state index is -4.24. The van der Waals surface area contributed by atoms with Crippen LogP contribution in [-0.2, 0) is 0 Å². The number of piperazine rings is 1. The Kier molecular flexibility index (Phi) is 8.22. The number of hydrogen-bond acceptors (Lipinski definition) is 7. The van der Waals surface area contributed by atoms with Crippen molar-refractivity contribution in [1.82, 2.24) is 19.4 Å². The smallest absolute Gasteiger partial charge is 0.355 e. The number of alkyl halides is 3. The summed E-state index contributed by atoms with van der Waals surface area (Å²) < 4.78 is 54.6. The molecule has 1 aromatic heterocycles. The van der Waals surface area contributed by atoms with Crippen molar-refractivity contribution in [3.05, 3.63) is 77.2 Å². The molecule has 1 fully saturated rings. The van der Waals surface area contributed by atoms with E-state index in [0.29, 0.717) is 36.6 Å². The summed E-state index contributed by atoms with van der Waals surface area (Å²) in [6.45, 7) is 3.34. The van der Waals surface area contributed by atoms with Gasteiger partial charge in [0.2, 0.25) is 0 Å². The van der Waals surface area contributed by atoms with E-state index in [1.165, 1.54) is 30.3 Å². The number of aryl methyl sites for hydroxylation is 1. The number of hydrogen-bond donors (Lipinski definition) is 2. The van der Waals surface area contributed by atoms with Crippen molar-refractivity contribution < 1.29 is 17.6 Å². The zero-order chi connectivity index (χ0) is 25.7. The van der Waals surface area contributed by atoms with Gasteiger partial charge in [0.15, 0.2) is 0 Å². The summed E-state index contributed by atoms with van der Waals surface area (Å²) in [7, 11) is 0. The molecule has 1 aliphatic heterocycles. The van der Waals surface area contributed by atoms with Crippen LogP contribution in [0.1, 0.15) is 29.2 Å². The topological polar surface area (TPSA) is 68.1 Å². The lowest BCUT2D eigenvalue weighted by molar-refractivity contribution is -0.140. The summed E-state index contributed by atoms with van der Waals surface area (Å²) in [6.07, 6.45) is -2.33. The minimum absolute atomic E-state index is 0.104. The van der Waals surface area contributed by atoms with Gasteiger partial charge in [-0.1, -0.05) is 0 Å². The maximum atomic E-state index is 13.3. The first-order chi connectivity index (χ1) is 17.2. The van der Waals surface area contributed by atoms with Gasteiger partial charge < -0.3 is 10.7 Å². The van der Waals surface area contributed by atoms with Crippen molar-refractivity contribution in [2.24, 2.45) is 0 Å². The molecule has 1 saturated heterocycles. The molecule has 1 unspecified atom stereocenters. The Morgan fingerprint density at radius 3 is 2.61 bits per heavy atom. The Morgan fingerprint density at radius 2 is 1.94 bits per heavy atom. The highest BCUT2D eigenvalue weighted by atomic mass is 32.2. The first-order valence-corrected chi connectivity index (χ1v) is 12.2. The fraction of sp³-hybridized carbons (Fsp3) is 0.320. The molecular formula is C25H26F4N6S. The predicted octanol–water partition coefficient (Wildman–Crippen LogP) is 5.98. The van der Waals surface area contributed by atoms with Gasteiger partial charge in [0, 0.05) is 61.6 Å². The van der Waals surface area contributed by atoms with E-state index in [0.717, 1.165) is 16.2 Å². The lowest BCUT2D eigenvalue weighted by atomic mass is 9.94. The molecule has 11 heteroatoms. The van der Waals surface area contributed by atoms with Crippen molar-refractivity contribution in [2.45, 2.75) is 30.6 Å². The summed E-state index contributed by atoms with van der Waals surface area (Å²) in [4.78, 5) is 1.87. The largest absolute Gasteiger partial charge is 0.390 e. The summed E-state index contributed by atoms with van der Waals surface area (Å²) in [5.41, 5.74) is 3.68. The molecule has 0 saturated carbocycles. The molecule has 2 heterocycles. The Labute approximate surface area is 211 Å². The molecule has 4 rings (SSSR count). The summed E-state index contributed by atoms with van der Waals surface area (Å²) in [6, 6.07) is 13.0. The van der Waals surface area contributed by atoms with E-state index in [1.807, 2.05) is 30.0 Å². The normalized spacial score (nSPS) is 17.2. The van der Waals surface area contributed by atoms with Crippen LogP contribution in [-0.4, -0.2) is 58.0 Å². The quantitative estimate of drug-likeness (QED) is 0.217. The van der Waals surface area contributed by atoms with Crippen LogP contribution >= 0.6 is 11.9 Å². The van der Waals surface area contributed by atoms with Gasteiger partial charge in [-0.15, -0.1) is 5.10 Å². The number of nitrogens with zero attached hydrogens (tertiary/aromatic N) is 4. The third-order valence-corrected chi connectivity index (χ3v) is 6.98. The highest BCUT2D eigenvalue weighted by Gasteiger charge is 2.34. The number of anilines is 2. The second kappa shape index (κ2) is 11.4. The van der Waals surface area contributed by atoms with Gasteiger partial charge in [-0.3, -0.25) is 4.90 Å². The van der Waals surface area contributed by atoms with Crippen LogP contribution in [0, 0.1) is 18.2 Å². The van der Waals surface area contributed by atoms with Crippen molar-refractivity contribution in [3.63, 3.8) is 0 Å². The second-order valence-corrected chi connectivity index (χ2v) is 9.65. The lowest BCUT2D eigenvalue weighted by Crippen LogP contribution is -2.47. The van der Waals surface area contributed by atoms with Gasteiger partial charge in [-0.05, 0) is 78.5 Å². The number of rotatable bonds is 8. The van der Waals surface area contributed by atoms with Crippen molar-refractivity contribution >= 4 is 29.5 Å². The lowest BCUT2D eigenvalue weighted by Gasteiger charge is -2.41. The maximum absolute atomic E-state index is 13.3. The van der Waals surface area contributed by atoms with Gasteiger partial charge in [-0.25, -0.2) is 8.70 Å². The number of aromatic nitrogens is 2. The summed E-state index contributed by atoms with van der Waals surface area (Å²) in [5.74, 6) is -0.348. The minimum Gasteiger partial charge on any atom is -0.355 e. The molecule has 0 amide bonds. The first kappa shape index (κ1) is 26.1. The van der Waals surface area contributed by atoms with Crippen LogP contribution < -0.4 is 5.32 Å². The summed E-state index contributed by atoms with van der Waals surface area (Å²) in [5, 5.41) is 19.9. The zero-order valence-electron chi connectivity index (χ0n) is 19.6. The van der Waals surface area contributed by atoms with Gasteiger partial charge in [0.25, 0.3) is 0 Å². The van der Waals surface area contributed by atoms with E-state index < -0.39 is 12.6 Å². The molecule has 0 spiro atoms. The molecular weight excluding hydrogens is 492 g/mol. The molecule has 2 N–H and O–H groups in total. The molecule has 0 bridgehead atoms. The van der Waals surface area contributed by atoms with E-state index in [4.69, 9.17) is 5.41 Å². The molecule has 36 heavy (non-hydrogen) atoms. The third-order valence-electron chi connectivity index (χ3n) is 5.98. The van der Waals surface area contributed by atoms with E-state index in [-0.39, 0.29) is 18.4 Å². The van der Waals surface area contributed by atoms with E-state index in [9.17, 15) is 17.6 Å². The fourth-order valence-corrected chi connectivity index (χ4v) is 5.07. The van der Waals surface area contributed by atoms with Gasteiger partial charge in [-0.2, -0.15) is 18.3 Å². The third kappa shape index (κ3) is 6.80. The van der Waals surface area contributed by atoms with Crippen molar-refractivity contribution in [3.8, 4) is 0 Å². The monoisotopic (exact) mass is 518 g/mol. The average molecular weight is 519 g/mol. The molecule has 2 aromatic carbocycles. The maximum Gasteiger partial charge on any atom is 0.390 e. The number of benzene rings is 2. The first-order valence-electron chi connectivity index (χ1n) is 11.4. The molecule has 190 valence electrons. The highest BCUT2D eigenvalue weighted by Crippen LogP contribution is 2.36. The van der Waals surface area contributed by atoms with Crippen molar-refractivity contribution in [2.75, 3.05) is 31.5 Å². The molecule has 6 nitrogen and oxygen atoms in total. The van der Waals surface area contributed by atoms with Gasteiger partial charge in [0.1, 0.15) is 10.8 Å². The Morgan fingerprint density at radius 1 is 1.17 bits per heavy atom. The predicted molar refractivity (Wildman–Crippen MR) is 133 cm³/mol. The van der Waals surface area contributed by atoms with Crippen LogP contribution in [0.25, 0.3) is 0 Å².